The van der Waals surface area contributed by atoms with Crippen LogP contribution in [-0.2, 0) is 16.0 Å². The van der Waals surface area contributed by atoms with Crippen LogP contribution in [0.15, 0.2) is 24.3 Å². The molecule has 0 aliphatic heterocycles. The minimum atomic E-state index is -0.883. The second-order valence-electron chi connectivity index (χ2n) is 6.58. The van der Waals surface area contributed by atoms with Gasteiger partial charge < -0.3 is 10.4 Å². The van der Waals surface area contributed by atoms with Gasteiger partial charge in [0.25, 0.3) is 0 Å². The molecule has 0 saturated heterocycles. The molecule has 2 rings (SSSR count). The first-order valence-corrected chi connectivity index (χ1v) is 8.19. The topological polar surface area (TPSA) is 66.4 Å². The molecule has 1 fully saturated rings. The Balaban J connectivity index is 1.91. The number of rotatable bonds is 7. The summed E-state index contributed by atoms with van der Waals surface area (Å²) < 4.78 is 13.6. The Bertz CT molecular complexity index is 567. The van der Waals surface area contributed by atoms with Gasteiger partial charge in [-0.1, -0.05) is 38.0 Å². The third-order valence-corrected chi connectivity index (χ3v) is 4.69. The molecule has 1 aromatic carbocycles. The van der Waals surface area contributed by atoms with E-state index in [1.165, 1.54) is 6.07 Å². The number of carboxylic acid groups (broad SMARTS) is 1. The third-order valence-electron chi connectivity index (χ3n) is 4.69. The van der Waals surface area contributed by atoms with Crippen LogP contribution in [0.3, 0.4) is 0 Å². The number of halogens is 1. The van der Waals surface area contributed by atoms with Crippen molar-refractivity contribution in [2.24, 2.45) is 5.92 Å². The van der Waals surface area contributed by atoms with Gasteiger partial charge in [0.1, 0.15) is 5.82 Å². The van der Waals surface area contributed by atoms with Gasteiger partial charge in [-0.05, 0) is 37.3 Å². The zero-order valence-corrected chi connectivity index (χ0v) is 13.5. The number of carboxylic acids is 1. The van der Waals surface area contributed by atoms with E-state index in [9.17, 15) is 14.0 Å². The highest BCUT2D eigenvalue weighted by molar-refractivity contribution is 5.80. The Morgan fingerprint density at radius 1 is 1.30 bits per heavy atom. The van der Waals surface area contributed by atoms with E-state index in [1.807, 2.05) is 0 Å². The van der Waals surface area contributed by atoms with E-state index >= 15 is 0 Å². The number of amides is 1. The molecule has 5 heteroatoms. The zero-order chi connectivity index (χ0) is 16.9. The second kappa shape index (κ2) is 7.57. The zero-order valence-electron chi connectivity index (χ0n) is 13.5. The van der Waals surface area contributed by atoms with E-state index in [-0.39, 0.29) is 24.1 Å². The van der Waals surface area contributed by atoms with Crippen LogP contribution in [0.4, 0.5) is 4.39 Å². The average Bonchev–Trinajstić information content (AvgIpc) is 2.93. The minimum Gasteiger partial charge on any atom is -0.481 e. The molecular weight excluding hydrogens is 297 g/mol. The average molecular weight is 321 g/mol. The number of nitrogens with one attached hydrogen (secondary N) is 1. The lowest BCUT2D eigenvalue weighted by Gasteiger charge is -2.30. The predicted octanol–water partition coefficient (Wildman–Crippen LogP) is 3.30. The summed E-state index contributed by atoms with van der Waals surface area (Å²) in [6, 6.07) is 6.57. The van der Waals surface area contributed by atoms with Crippen LogP contribution in [0, 0.1) is 11.7 Å². The van der Waals surface area contributed by atoms with Crippen molar-refractivity contribution in [3.05, 3.63) is 35.6 Å². The SMILES string of the molecule is CC(CCc1ccccc1F)C(=O)NC1(CC(=O)O)CCCC1. The maximum absolute atomic E-state index is 13.6. The van der Waals surface area contributed by atoms with Crippen LogP contribution in [0.5, 0.6) is 0 Å². The van der Waals surface area contributed by atoms with Crippen molar-refractivity contribution in [2.75, 3.05) is 0 Å². The van der Waals surface area contributed by atoms with Crippen LogP contribution in [-0.4, -0.2) is 22.5 Å². The summed E-state index contributed by atoms with van der Waals surface area (Å²) in [4.78, 5) is 23.5. The van der Waals surface area contributed by atoms with E-state index in [0.29, 0.717) is 31.2 Å². The second-order valence-corrected chi connectivity index (χ2v) is 6.58. The Labute approximate surface area is 136 Å². The number of hydrogen-bond donors (Lipinski definition) is 2. The molecule has 0 radical (unpaired) electrons. The standard InChI is InChI=1S/C18H24FNO3/c1-13(8-9-14-6-2-3-7-15(14)19)17(23)20-18(12-16(21)22)10-4-5-11-18/h2-3,6-7,13H,4-5,8-12H2,1H3,(H,20,23)(H,21,22). The first kappa shape index (κ1) is 17.4. The lowest BCUT2D eigenvalue weighted by Crippen LogP contribution is -2.49. The molecule has 1 aromatic rings. The fraction of sp³-hybridized carbons (Fsp3) is 0.556. The first-order chi connectivity index (χ1) is 10.9. The molecule has 2 N–H and O–H groups in total. The number of aliphatic carboxylic acids is 1. The van der Waals surface area contributed by atoms with Gasteiger partial charge in [-0.2, -0.15) is 0 Å². The smallest absolute Gasteiger partial charge is 0.305 e. The molecule has 1 unspecified atom stereocenters. The van der Waals surface area contributed by atoms with Gasteiger partial charge in [0.2, 0.25) is 5.91 Å². The Hall–Kier alpha value is -1.91. The number of aryl methyl sites for hydroxylation is 1. The quantitative estimate of drug-likeness (QED) is 0.810. The van der Waals surface area contributed by atoms with E-state index in [2.05, 4.69) is 5.32 Å². The lowest BCUT2D eigenvalue weighted by atomic mass is 9.91. The molecule has 1 saturated carbocycles. The van der Waals surface area contributed by atoms with Crippen LogP contribution in [0.2, 0.25) is 0 Å². The van der Waals surface area contributed by atoms with Crippen LogP contribution < -0.4 is 5.32 Å². The molecule has 0 spiro atoms. The number of benzene rings is 1. The molecule has 23 heavy (non-hydrogen) atoms. The normalized spacial score (nSPS) is 17.7. The molecule has 1 amide bonds. The van der Waals surface area contributed by atoms with Crippen molar-refractivity contribution >= 4 is 11.9 Å². The van der Waals surface area contributed by atoms with Gasteiger partial charge in [0, 0.05) is 5.92 Å². The van der Waals surface area contributed by atoms with Gasteiger partial charge in [-0.3, -0.25) is 9.59 Å². The van der Waals surface area contributed by atoms with Crippen molar-refractivity contribution in [2.45, 2.75) is 57.4 Å². The minimum absolute atomic E-state index is 0.0290. The van der Waals surface area contributed by atoms with Gasteiger partial charge in [0.15, 0.2) is 0 Å². The van der Waals surface area contributed by atoms with Crippen molar-refractivity contribution in [3.8, 4) is 0 Å². The summed E-state index contributed by atoms with van der Waals surface area (Å²) >= 11 is 0. The molecule has 1 atom stereocenters. The van der Waals surface area contributed by atoms with Crippen molar-refractivity contribution in [3.63, 3.8) is 0 Å². The number of hydrogen-bond acceptors (Lipinski definition) is 2. The van der Waals surface area contributed by atoms with Crippen LogP contribution >= 0.6 is 0 Å². The number of carbonyl (C=O) groups is 2. The lowest BCUT2D eigenvalue weighted by molar-refractivity contribution is -0.139. The Morgan fingerprint density at radius 2 is 1.96 bits per heavy atom. The summed E-state index contributed by atoms with van der Waals surface area (Å²) in [6.07, 6.45) is 4.31. The van der Waals surface area contributed by atoms with E-state index in [0.717, 1.165) is 12.8 Å². The third kappa shape index (κ3) is 4.78. The summed E-state index contributed by atoms with van der Waals surface area (Å²) in [7, 11) is 0. The Kier molecular flexibility index (Phi) is 5.74. The highest BCUT2D eigenvalue weighted by Gasteiger charge is 2.38. The van der Waals surface area contributed by atoms with Crippen molar-refractivity contribution in [1.29, 1.82) is 0 Å². The first-order valence-electron chi connectivity index (χ1n) is 8.19. The molecule has 126 valence electrons. The monoisotopic (exact) mass is 321 g/mol. The molecule has 0 bridgehead atoms. The van der Waals surface area contributed by atoms with Gasteiger partial charge in [0.05, 0.1) is 12.0 Å². The summed E-state index contributed by atoms with van der Waals surface area (Å²) in [5.41, 5.74) is 0.00287. The van der Waals surface area contributed by atoms with Crippen LogP contribution in [0.1, 0.15) is 51.0 Å². The molecular formula is C18H24FNO3. The Morgan fingerprint density at radius 3 is 2.57 bits per heavy atom. The van der Waals surface area contributed by atoms with E-state index in [1.54, 1.807) is 25.1 Å². The van der Waals surface area contributed by atoms with Crippen molar-refractivity contribution < 1.29 is 19.1 Å². The maximum atomic E-state index is 13.6. The molecule has 0 aromatic heterocycles. The largest absolute Gasteiger partial charge is 0.481 e. The molecule has 1 aliphatic rings. The summed E-state index contributed by atoms with van der Waals surface area (Å²) in [5.74, 6) is -1.55. The molecule has 4 nitrogen and oxygen atoms in total. The highest BCUT2D eigenvalue weighted by Crippen LogP contribution is 2.33. The summed E-state index contributed by atoms with van der Waals surface area (Å²) in [5, 5.41) is 12.0. The summed E-state index contributed by atoms with van der Waals surface area (Å²) in [6.45, 7) is 1.81. The maximum Gasteiger partial charge on any atom is 0.305 e. The van der Waals surface area contributed by atoms with Crippen molar-refractivity contribution in [1.82, 2.24) is 5.32 Å². The van der Waals surface area contributed by atoms with Gasteiger partial charge in [-0.15, -0.1) is 0 Å². The van der Waals surface area contributed by atoms with E-state index < -0.39 is 11.5 Å². The molecule has 1 aliphatic carbocycles. The highest BCUT2D eigenvalue weighted by atomic mass is 19.1. The van der Waals surface area contributed by atoms with Gasteiger partial charge >= 0.3 is 5.97 Å². The van der Waals surface area contributed by atoms with E-state index in [4.69, 9.17) is 5.11 Å². The molecule has 0 heterocycles. The van der Waals surface area contributed by atoms with Crippen LogP contribution in [0.25, 0.3) is 0 Å². The fourth-order valence-electron chi connectivity index (χ4n) is 3.28. The predicted molar refractivity (Wildman–Crippen MR) is 85.5 cm³/mol. The number of carbonyl (C=O) groups excluding carboxylic acids is 1. The fourth-order valence-corrected chi connectivity index (χ4v) is 3.28. The van der Waals surface area contributed by atoms with Gasteiger partial charge in [-0.25, -0.2) is 4.39 Å².